The van der Waals surface area contributed by atoms with E-state index in [1.54, 1.807) is 24.3 Å². The molecule has 0 saturated heterocycles. The highest BCUT2D eigenvalue weighted by molar-refractivity contribution is 5.70. The molecule has 2 aromatic rings. The van der Waals surface area contributed by atoms with E-state index in [9.17, 15) is 18.0 Å². The molecule has 0 heterocycles. The fraction of sp³-hybridized carbons (Fsp3) is 0.235. The van der Waals surface area contributed by atoms with Crippen molar-refractivity contribution < 1.29 is 27.8 Å². The third kappa shape index (κ3) is 6.29. The van der Waals surface area contributed by atoms with E-state index < -0.39 is 12.3 Å². The van der Waals surface area contributed by atoms with Crippen molar-refractivity contribution in [3.63, 3.8) is 0 Å². The van der Waals surface area contributed by atoms with Gasteiger partial charge in [0.15, 0.2) is 0 Å². The quantitative estimate of drug-likeness (QED) is 0.811. The van der Waals surface area contributed by atoms with Gasteiger partial charge in [-0.3, -0.25) is 4.79 Å². The molecule has 0 radical (unpaired) electrons. The van der Waals surface area contributed by atoms with Crippen LogP contribution in [0.4, 0.5) is 13.2 Å². The molecule has 2 N–H and O–H groups in total. The van der Waals surface area contributed by atoms with Crippen LogP contribution in [0.1, 0.15) is 16.7 Å². The van der Waals surface area contributed by atoms with Crippen LogP contribution in [0.25, 0.3) is 0 Å². The molecular weight excluding hydrogens is 323 g/mol. The number of hydrogen-bond acceptors (Lipinski definition) is 3. The molecule has 7 heteroatoms. The lowest BCUT2D eigenvalue weighted by Gasteiger charge is -2.11. The van der Waals surface area contributed by atoms with E-state index in [-0.39, 0.29) is 12.2 Å². The molecule has 0 aliphatic carbocycles. The number of rotatable bonds is 7. The van der Waals surface area contributed by atoms with Crippen LogP contribution in [0, 0.1) is 0 Å². The molecule has 0 bridgehead atoms. The highest BCUT2D eigenvalue weighted by atomic mass is 19.4. The van der Waals surface area contributed by atoms with E-state index >= 15 is 0 Å². The van der Waals surface area contributed by atoms with Crippen LogP contribution in [0.5, 0.6) is 5.75 Å². The Morgan fingerprint density at radius 1 is 1.00 bits per heavy atom. The van der Waals surface area contributed by atoms with Crippen molar-refractivity contribution in [1.82, 2.24) is 5.32 Å². The van der Waals surface area contributed by atoms with Crippen LogP contribution >= 0.6 is 0 Å². The summed E-state index contributed by atoms with van der Waals surface area (Å²) in [5, 5.41) is 11.9. The number of ether oxygens (including phenoxy) is 1. The molecule has 0 spiro atoms. The second kappa shape index (κ2) is 7.83. The molecule has 24 heavy (non-hydrogen) atoms. The van der Waals surface area contributed by atoms with Gasteiger partial charge in [-0.2, -0.15) is 0 Å². The zero-order chi connectivity index (χ0) is 17.6. The Kier molecular flexibility index (Phi) is 5.81. The van der Waals surface area contributed by atoms with Gasteiger partial charge in [-0.1, -0.05) is 36.4 Å². The number of nitrogens with one attached hydrogen (secondary N) is 1. The van der Waals surface area contributed by atoms with Gasteiger partial charge in [0.1, 0.15) is 5.75 Å². The Morgan fingerprint density at radius 2 is 1.58 bits per heavy atom. The number of alkyl halides is 3. The first-order chi connectivity index (χ1) is 11.3. The van der Waals surface area contributed by atoms with Crippen molar-refractivity contribution in [2.75, 3.05) is 0 Å². The molecule has 0 aliphatic heterocycles. The normalized spacial score (nSPS) is 11.3. The van der Waals surface area contributed by atoms with Gasteiger partial charge in [-0.05, 0) is 28.8 Å². The minimum absolute atomic E-state index is 0.0509. The summed E-state index contributed by atoms with van der Waals surface area (Å²) < 4.78 is 40.5. The van der Waals surface area contributed by atoms with E-state index in [2.05, 4.69) is 10.1 Å². The number of carboxylic acids is 1. The van der Waals surface area contributed by atoms with Gasteiger partial charge in [-0.15, -0.1) is 13.2 Å². The lowest BCUT2D eigenvalue weighted by Crippen LogP contribution is -2.17. The molecule has 2 aromatic carbocycles. The SMILES string of the molecule is O=C(O)Cc1cccc(CNCc2cccc(OC(F)(F)F)c2)c1. The maximum atomic E-state index is 12.2. The summed E-state index contributed by atoms with van der Waals surface area (Å²) >= 11 is 0. The number of hydrogen-bond donors (Lipinski definition) is 2. The lowest BCUT2D eigenvalue weighted by atomic mass is 10.1. The fourth-order valence-corrected chi connectivity index (χ4v) is 2.23. The van der Waals surface area contributed by atoms with Gasteiger partial charge in [0.2, 0.25) is 0 Å². The molecular formula is C17H16F3NO3. The van der Waals surface area contributed by atoms with Crippen LogP contribution in [-0.2, 0) is 24.3 Å². The van der Waals surface area contributed by atoms with Crippen LogP contribution in [0.3, 0.4) is 0 Å². The predicted molar refractivity (Wildman–Crippen MR) is 81.5 cm³/mol. The van der Waals surface area contributed by atoms with E-state index in [4.69, 9.17) is 5.11 Å². The Morgan fingerprint density at radius 3 is 2.21 bits per heavy atom. The molecule has 0 fully saturated rings. The average molecular weight is 339 g/mol. The molecule has 0 aromatic heterocycles. The van der Waals surface area contributed by atoms with Gasteiger partial charge in [0.05, 0.1) is 6.42 Å². The molecule has 4 nitrogen and oxygen atoms in total. The number of carboxylic acid groups (broad SMARTS) is 1. The predicted octanol–water partition coefficient (Wildman–Crippen LogP) is 3.50. The first-order valence-corrected chi connectivity index (χ1v) is 7.17. The Labute approximate surface area is 136 Å². The molecule has 0 amide bonds. The molecule has 0 atom stereocenters. The minimum Gasteiger partial charge on any atom is -0.481 e. The van der Waals surface area contributed by atoms with Gasteiger partial charge >= 0.3 is 12.3 Å². The number of aliphatic carboxylic acids is 1. The summed E-state index contributed by atoms with van der Waals surface area (Å²) in [5.74, 6) is -1.16. The summed E-state index contributed by atoms with van der Waals surface area (Å²) in [6, 6.07) is 12.9. The highest BCUT2D eigenvalue weighted by Crippen LogP contribution is 2.23. The zero-order valence-corrected chi connectivity index (χ0v) is 12.6. The van der Waals surface area contributed by atoms with Crippen LogP contribution in [-0.4, -0.2) is 17.4 Å². The van der Waals surface area contributed by atoms with Crippen LogP contribution in [0.2, 0.25) is 0 Å². The number of carbonyl (C=O) groups is 1. The fourth-order valence-electron chi connectivity index (χ4n) is 2.23. The standard InChI is InChI=1S/C17H16F3NO3/c18-17(19,20)24-15-6-2-5-14(8-15)11-21-10-13-4-1-3-12(7-13)9-16(22)23/h1-8,21H,9-11H2,(H,22,23). The Balaban J connectivity index is 1.90. The number of benzene rings is 2. The van der Waals surface area contributed by atoms with E-state index in [0.29, 0.717) is 24.2 Å². The van der Waals surface area contributed by atoms with Crippen molar-refractivity contribution >= 4 is 5.97 Å². The maximum Gasteiger partial charge on any atom is 0.573 e. The van der Waals surface area contributed by atoms with Crippen LogP contribution in [0.15, 0.2) is 48.5 Å². The van der Waals surface area contributed by atoms with E-state index in [0.717, 1.165) is 5.56 Å². The molecule has 0 unspecified atom stereocenters. The third-order valence-corrected chi connectivity index (χ3v) is 3.14. The van der Waals surface area contributed by atoms with Crippen molar-refractivity contribution in [1.29, 1.82) is 0 Å². The first kappa shape index (κ1) is 17.8. The number of halogens is 3. The third-order valence-electron chi connectivity index (χ3n) is 3.14. The van der Waals surface area contributed by atoms with Gasteiger partial charge in [-0.25, -0.2) is 0 Å². The van der Waals surface area contributed by atoms with Gasteiger partial charge in [0, 0.05) is 13.1 Å². The Bertz CT molecular complexity index is 701. The second-order valence-corrected chi connectivity index (χ2v) is 5.19. The monoisotopic (exact) mass is 339 g/mol. The van der Waals surface area contributed by atoms with Gasteiger partial charge < -0.3 is 15.2 Å². The topological polar surface area (TPSA) is 58.6 Å². The van der Waals surface area contributed by atoms with Gasteiger partial charge in [0.25, 0.3) is 0 Å². The molecule has 0 saturated carbocycles. The summed E-state index contributed by atoms with van der Waals surface area (Å²) in [7, 11) is 0. The minimum atomic E-state index is -4.71. The first-order valence-electron chi connectivity index (χ1n) is 7.17. The lowest BCUT2D eigenvalue weighted by molar-refractivity contribution is -0.274. The van der Waals surface area contributed by atoms with E-state index in [1.165, 1.54) is 18.2 Å². The van der Waals surface area contributed by atoms with Crippen molar-refractivity contribution in [2.24, 2.45) is 0 Å². The molecule has 2 rings (SSSR count). The summed E-state index contributed by atoms with van der Waals surface area (Å²) in [6.45, 7) is 0.829. The van der Waals surface area contributed by atoms with Crippen molar-refractivity contribution in [3.05, 3.63) is 65.2 Å². The largest absolute Gasteiger partial charge is 0.573 e. The second-order valence-electron chi connectivity index (χ2n) is 5.19. The highest BCUT2D eigenvalue weighted by Gasteiger charge is 2.31. The smallest absolute Gasteiger partial charge is 0.481 e. The average Bonchev–Trinajstić information content (AvgIpc) is 2.45. The Hall–Kier alpha value is -2.54. The van der Waals surface area contributed by atoms with E-state index in [1.807, 2.05) is 6.07 Å². The van der Waals surface area contributed by atoms with Crippen LogP contribution < -0.4 is 10.1 Å². The zero-order valence-electron chi connectivity index (χ0n) is 12.6. The van der Waals surface area contributed by atoms with Crippen molar-refractivity contribution in [3.8, 4) is 5.75 Å². The molecule has 0 aliphatic rings. The summed E-state index contributed by atoms with van der Waals surface area (Å²) in [5.41, 5.74) is 2.25. The molecule has 128 valence electrons. The summed E-state index contributed by atoms with van der Waals surface area (Å²) in [4.78, 5) is 10.7. The maximum absolute atomic E-state index is 12.2. The van der Waals surface area contributed by atoms with Crippen molar-refractivity contribution in [2.45, 2.75) is 25.9 Å². The summed E-state index contributed by atoms with van der Waals surface area (Å²) in [6.07, 6.45) is -4.76.